The van der Waals surface area contributed by atoms with E-state index in [1.165, 1.54) is 27.4 Å². The van der Waals surface area contributed by atoms with E-state index in [-0.39, 0.29) is 27.4 Å². The van der Waals surface area contributed by atoms with Gasteiger partial charge in [-0.3, -0.25) is 4.79 Å². The third-order valence-corrected chi connectivity index (χ3v) is 7.60. The number of halogens is 2. The van der Waals surface area contributed by atoms with Crippen molar-refractivity contribution in [1.29, 1.82) is 0 Å². The van der Waals surface area contributed by atoms with Crippen LogP contribution in [0.4, 0.5) is 5.69 Å². The number of amides is 1. The first-order chi connectivity index (χ1) is 13.7. The molecule has 0 bridgehead atoms. The lowest BCUT2D eigenvalue weighted by atomic mass is 9.98. The molecular formula is C20H22Cl2N2O4S. The topological polar surface area (TPSA) is 66.9 Å². The van der Waals surface area contributed by atoms with Crippen LogP contribution in [0.25, 0.3) is 0 Å². The Morgan fingerprint density at radius 3 is 2.69 bits per heavy atom. The van der Waals surface area contributed by atoms with Crippen LogP contribution in [0.3, 0.4) is 0 Å². The van der Waals surface area contributed by atoms with Crippen molar-refractivity contribution < 1.29 is 17.9 Å². The first-order valence-corrected chi connectivity index (χ1v) is 11.3. The fraction of sp³-hybridized carbons (Fsp3) is 0.350. The number of methoxy groups -OCH3 is 1. The summed E-state index contributed by atoms with van der Waals surface area (Å²) < 4.78 is 32.7. The molecule has 1 fully saturated rings. The fourth-order valence-corrected chi connectivity index (χ4v) is 5.66. The molecule has 2 aromatic rings. The van der Waals surface area contributed by atoms with E-state index in [0.717, 1.165) is 0 Å². The molecule has 3 rings (SSSR count). The molecule has 1 saturated heterocycles. The number of sulfonamides is 1. The molecule has 1 aliphatic heterocycles. The highest BCUT2D eigenvalue weighted by atomic mass is 35.5. The van der Waals surface area contributed by atoms with E-state index in [9.17, 15) is 13.2 Å². The molecule has 0 saturated carbocycles. The average molecular weight is 457 g/mol. The van der Waals surface area contributed by atoms with Gasteiger partial charge in [-0.25, -0.2) is 8.42 Å². The van der Waals surface area contributed by atoms with Crippen molar-refractivity contribution in [2.24, 2.45) is 5.92 Å². The van der Waals surface area contributed by atoms with Gasteiger partial charge < -0.3 is 9.64 Å². The Morgan fingerprint density at radius 1 is 1.21 bits per heavy atom. The molecule has 0 aromatic heterocycles. The van der Waals surface area contributed by atoms with Gasteiger partial charge in [0.1, 0.15) is 10.6 Å². The van der Waals surface area contributed by atoms with Gasteiger partial charge in [0.15, 0.2) is 0 Å². The van der Waals surface area contributed by atoms with E-state index in [0.29, 0.717) is 30.8 Å². The van der Waals surface area contributed by atoms with Crippen LogP contribution >= 0.6 is 23.2 Å². The van der Waals surface area contributed by atoms with E-state index >= 15 is 0 Å². The van der Waals surface area contributed by atoms with Crippen molar-refractivity contribution in [1.82, 2.24) is 4.31 Å². The van der Waals surface area contributed by atoms with Crippen molar-refractivity contribution in [3.63, 3.8) is 0 Å². The second kappa shape index (κ2) is 8.92. The molecule has 9 heteroatoms. The zero-order valence-corrected chi connectivity index (χ0v) is 18.5. The smallest absolute Gasteiger partial charge is 0.244 e. The van der Waals surface area contributed by atoms with Gasteiger partial charge in [-0.15, -0.1) is 0 Å². The fourth-order valence-electron chi connectivity index (χ4n) is 3.40. The van der Waals surface area contributed by atoms with Crippen LogP contribution in [0, 0.1) is 5.92 Å². The largest absolute Gasteiger partial charge is 0.497 e. The summed E-state index contributed by atoms with van der Waals surface area (Å²) in [6.45, 7) is 0.427. The Kier molecular flexibility index (Phi) is 6.73. The second-order valence-electron chi connectivity index (χ2n) is 6.88. The number of nitrogens with zero attached hydrogens (tertiary/aromatic N) is 2. The molecule has 0 aliphatic carbocycles. The number of anilines is 1. The first kappa shape index (κ1) is 21.9. The number of carbonyl (C=O) groups is 1. The summed E-state index contributed by atoms with van der Waals surface area (Å²) in [6, 6.07) is 11.5. The molecule has 6 nitrogen and oxygen atoms in total. The van der Waals surface area contributed by atoms with Crippen LogP contribution < -0.4 is 9.64 Å². The number of piperidine rings is 1. The summed E-state index contributed by atoms with van der Waals surface area (Å²) >= 11 is 12.1. The molecule has 1 atom stereocenters. The molecule has 1 amide bonds. The van der Waals surface area contributed by atoms with E-state index in [1.807, 2.05) is 6.07 Å². The van der Waals surface area contributed by atoms with Gasteiger partial charge >= 0.3 is 0 Å². The highest BCUT2D eigenvalue weighted by Crippen LogP contribution is 2.31. The monoisotopic (exact) mass is 456 g/mol. The van der Waals surface area contributed by atoms with E-state index in [4.69, 9.17) is 27.9 Å². The molecule has 156 valence electrons. The number of rotatable bonds is 5. The number of ether oxygens (including phenoxy) is 1. The lowest BCUT2D eigenvalue weighted by Gasteiger charge is -2.33. The van der Waals surface area contributed by atoms with Crippen molar-refractivity contribution in [3.8, 4) is 5.75 Å². The molecule has 29 heavy (non-hydrogen) atoms. The van der Waals surface area contributed by atoms with Gasteiger partial charge in [-0.05, 0) is 43.2 Å². The van der Waals surface area contributed by atoms with Crippen LogP contribution in [-0.4, -0.2) is 45.9 Å². The van der Waals surface area contributed by atoms with E-state index < -0.39 is 15.9 Å². The molecule has 0 spiro atoms. The number of benzene rings is 2. The maximum Gasteiger partial charge on any atom is 0.244 e. The summed E-state index contributed by atoms with van der Waals surface area (Å²) in [6.07, 6.45) is 1.20. The van der Waals surface area contributed by atoms with Crippen molar-refractivity contribution >= 4 is 44.8 Å². The van der Waals surface area contributed by atoms with Gasteiger partial charge in [0, 0.05) is 36.9 Å². The molecular weight excluding hydrogens is 435 g/mol. The van der Waals surface area contributed by atoms with Crippen LogP contribution in [0.15, 0.2) is 47.4 Å². The van der Waals surface area contributed by atoms with Gasteiger partial charge in [0.25, 0.3) is 0 Å². The van der Waals surface area contributed by atoms with Crippen LogP contribution in [-0.2, 0) is 14.8 Å². The summed E-state index contributed by atoms with van der Waals surface area (Å²) in [4.78, 5) is 14.5. The Labute approximate surface area is 181 Å². The zero-order valence-electron chi connectivity index (χ0n) is 16.1. The Morgan fingerprint density at radius 2 is 1.97 bits per heavy atom. The van der Waals surface area contributed by atoms with Crippen LogP contribution in [0.2, 0.25) is 10.0 Å². The van der Waals surface area contributed by atoms with Crippen molar-refractivity contribution in [2.45, 2.75) is 17.7 Å². The van der Waals surface area contributed by atoms with Gasteiger partial charge in [0.2, 0.25) is 15.9 Å². The first-order valence-electron chi connectivity index (χ1n) is 9.11. The minimum atomic E-state index is -3.86. The quantitative estimate of drug-likeness (QED) is 0.679. The van der Waals surface area contributed by atoms with Gasteiger partial charge in [0.05, 0.1) is 18.1 Å². The minimum Gasteiger partial charge on any atom is -0.497 e. The van der Waals surface area contributed by atoms with Crippen molar-refractivity contribution in [2.75, 3.05) is 32.1 Å². The predicted molar refractivity (Wildman–Crippen MR) is 114 cm³/mol. The lowest BCUT2D eigenvalue weighted by Crippen LogP contribution is -2.46. The summed E-state index contributed by atoms with van der Waals surface area (Å²) in [5.41, 5.74) is 0.687. The van der Waals surface area contributed by atoms with E-state index in [2.05, 4.69) is 0 Å². The Hall–Kier alpha value is -1.80. The van der Waals surface area contributed by atoms with Gasteiger partial charge in [-0.2, -0.15) is 4.31 Å². The van der Waals surface area contributed by atoms with Gasteiger partial charge in [-0.1, -0.05) is 29.3 Å². The third-order valence-electron chi connectivity index (χ3n) is 5.02. The molecule has 0 radical (unpaired) electrons. The molecule has 2 aromatic carbocycles. The molecule has 0 N–H and O–H groups in total. The third kappa shape index (κ3) is 4.69. The maximum absolute atomic E-state index is 13.1. The number of hydrogen-bond donors (Lipinski definition) is 0. The average Bonchev–Trinajstić information content (AvgIpc) is 2.74. The minimum absolute atomic E-state index is 0.0408. The summed E-state index contributed by atoms with van der Waals surface area (Å²) in [5.74, 6) is 0.0497. The number of carbonyl (C=O) groups excluding carboxylic acids is 1. The van der Waals surface area contributed by atoms with E-state index in [1.54, 1.807) is 32.4 Å². The highest BCUT2D eigenvalue weighted by molar-refractivity contribution is 7.89. The standard InChI is InChI=1S/C20H22Cl2N2O4S/c1-23(16-6-3-7-17(12-16)28-2)20(25)14-5-4-10-24(13-14)29(26,27)19-11-15(21)8-9-18(19)22/h3,6-9,11-12,14H,4-5,10,13H2,1-2H3. The normalized spacial score (nSPS) is 17.7. The molecule has 1 aliphatic rings. The Balaban J connectivity index is 1.81. The maximum atomic E-state index is 13.1. The summed E-state index contributed by atoms with van der Waals surface area (Å²) in [7, 11) is -0.616. The second-order valence-corrected chi connectivity index (χ2v) is 9.63. The van der Waals surface area contributed by atoms with Crippen LogP contribution in [0.5, 0.6) is 5.75 Å². The molecule has 1 heterocycles. The highest BCUT2D eigenvalue weighted by Gasteiger charge is 2.35. The lowest BCUT2D eigenvalue weighted by molar-refractivity contribution is -0.123. The number of hydrogen-bond acceptors (Lipinski definition) is 4. The summed E-state index contributed by atoms with van der Waals surface area (Å²) in [5, 5.41) is 0.395. The van der Waals surface area contributed by atoms with Crippen molar-refractivity contribution in [3.05, 3.63) is 52.5 Å². The zero-order chi connectivity index (χ0) is 21.2. The van der Waals surface area contributed by atoms with Crippen LogP contribution in [0.1, 0.15) is 12.8 Å². The molecule has 1 unspecified atom stereocenters. The SMILES string of the molecule is COc1cccc(N(C)C(=O)C2CCCN(S(=O)(=O)c3cc(Cl)ccc3Cl)C2)c1. The Bertz CT molecular complexity index is 1010. The predicted octanol–water partition coefficient (Wildman–Crippen LogP) is 4.07.